The number of nitrogens with zero attached hydrogens (tertiary/aromatic N) is 16. The number of aromatic amines is 4. The van der Waals surface area contributed by atoms with Crippen molar-refractivity contribution in [2.24, 2.45) is 5.41 Å². The minimum absolute atomic E-state index is 0.0243. The van der Waals surface area contributed by atoms with Crippen LogP contribution in [0.15, 0.2) is 97.1 Å². The quantitative estimate of drug-likeness (QED) is 0.0631. The van der Waals surface area contributed by atoms with Gasteiger partial charge in [0.05, 0.1) is 19.7 Å². The van der Waals surface area contributed by atoms with Crippen LogP contribution in [0.3, 0.4) is 0 Å². The van der Waals surface area contributed by atoms with E-state index in [9.17, 15) is 40.5 Å². The minimum Gasteiger partial charge on any atom is -0.452 e. The summed E-state index contributed by atoms with van der Waals surface area (Å²) in [6.45, 7) is 0. The van der Waals surface area contributed by atoms with Crippen LogP contribution in [0.4, 0.5) is 22.7 Å². The molecule has 32 heteroatoms. The molecule has 0 amide bonds. The molecule has 0 fully saturated rings. The number of rotatable bonds is 20. The van der Waals surface area contributed by atoms with E-state index in [2.05, 4.69) is 82.5 Å². The fourth-order valence-corrected chi connectivity index (χ4v) is 6.98. The number of nitro groups is 4. The predicted octanol–water partition coefficient (Wildman–Crippen LogP) is 2.94. The average Bonchev–Trinajstić information content (AvgIpc) is 4.19. The Hall–Kier alpha value is -10.0. The smallest absolute Gasteiger partial charge is 0.356 e. The number of ether oxygens (including phenoxy) is 4. The molecule has 328 valence electrons. The molecule has 4 heterocycles. The molecular formula is C33H24N20O12. The van der Waals surface area contributed by atoms with Crippen LogP contribution >= 0.6 is 0 Å². The number of aromatic nitrogens is 16. The van der Waals surface area contributed by atoms with Crippen molar-refractivity contribution in [1.82, 2.24) is 82.5 Å². The van der Waals surface area contributed by atoms with Gasteiger partial charge < -0.3 is 18.9 Å². The van der Waals surface area contributed by atoms with Gasteiger partial charge in [-0.3, -0.25) is 40.5 Å². The van der Waals surface area contributed by atoms with Crippen LogP contribution in [0.25, 0.3) is 0 Å². The highest BCUT2D eigenvalue weighted by Gasteiger charge is 2.65. The molecule has 65 heavy (non-hydrogen) atoms. The van der Waals surface area contributed by atoms with E-state index in [1.807, 2.05) is 0 Å². The first-order valence-corrected chi connectivity index (χ1v) is 18.1. The first kappa shape index (κ1) is 41.7. The van der Waals surface area contributed by atoms with Crippen LogP contribution in [-0.2, 0) is 0 Å². The van der Waals surface area contributed by atoms with Gasteiger partial charge in [-0.15, -0.1) is 0 Å². The van der Waals surface area contributed by atoms with Crippen molar-refractivity contribution in [3.05, 3.63) is 160 Å². The molecule has 0 aliphatic carbocycles. The van der Waals surface area contributed by atoms with Crippen LogP contribution in [0.1, 0.15) is 46.7 Å². The second kappa shape index (κ2) is 17.9. The number of non-ortho nitro benzene ring substituents is 4. The molecule has 0 radical (unpaired) electrons. The highest BCUT2D eigenvalue weighted by atomic mass is 16.6. The maximum Gasteiger partial charge on any atom is 0.356 e. The second-order valence-corrected chi connectivity index (χ2v) is 13.2. The van der Waals surface area contributed by atoms with Gasteiger partial charge in [0.25, 0.3) is 22.7 Å². The Kier molecular flexibility index (Phi) is 11.5. The summed E-state index contributed by atoms with van der Waals surface area (Å²) in [4.78, 5) is 45.5. The molecule has 4 N–H and O–H groups in total. The Balaban J connectivity index is 1.58. The van der Waals surface area contributed by atoms with Gasteiger partial charge >= 0.3 is 24.0 Å². The topological polar surface area (TPSA) is 427 Å². The van der Waals surface area contributed by atoms with Gasteiger partial charge in [0.2, 0.25) is 0 Å². The fraction of sp³-hybridized carbons (Fsp3) is 0.152. The Labute approximate surface area is 357 Å². The molecule has 0 aliphatic heterocycles. The minimum atomic E-state index is -2.46. The zero-order valence-electron chi connectivity index (χ0n) is 32.1. The summed E-state index contributed by atoms with van der Waals surface area (Å²) in [5.74, 6) is 0. The molecule has 4 aromatic heterocycles. The van der Waals surface area contributed by atoms with Crippen molar-refractivity contribution >= 4 is 22.7 Å². The van der Waals surface area contributed by atoms with Crippen LogP contribution < -0.4 is 18.9 Å². The monoisotopic (exact) mass is 892 g/mol. The molecule has 8 rings (SSSR count). The zero-order chi connectivity index (χ0) is 45.5. The molecule has 4 aromatic carbocycles. The molecule has 0 saturated heterocycles. The van der Waals surface area contributed by atoms with Gasteiger partial charge in [-0.25, -0.2) is 0 Å². The summed E-state index contributed by atoms with van der Waals surface area (Å²) in [5, 5.41) is 104. The molecule has 0 spiro atoms. The lowest BCUT2D eigenvalue weighted by Gasteiger charge is -2.51. The number of hydrogen-bond acceptors (Lipinski definition) is 24. The van der Waals surface area contributed by atoms with E-state index in [4.69, 9.17) is 18.9 Å². The van der Waals surface area contributed by atoms with E-state index in [1.165, 1.54) is 48.5 Å². The van der Waals surface area contributed by atoms with E-state index >= 15 is 0 Å². The largest absolute Gasteiger partial charge is 0.452 e. The van der Waals surface area contributed by atoms with Gasteiger partial charge in [0, 0.05) is 48.5 Å². The van der Waals surface area contributed by atoms with Crippen molar-refractivity contribution < 1.29 is 38.6 Å². The molecule has 32 nitrogen and oxygen atoms in total. The Morgan fingerprint density at radius 3 is 0.723 bits per heavy atom. The van der Waals surface area contributed by atoms with Crippen molar-refractivity contribution in [1.29, 1.82) is 0 Å². The third-order valence-electron chi connectivity index (χ3n) is 9.64. The molecule has 4 atom stereocenters. The van der Waals surface area contributed by atoms with Crippen LogP contribution in [0, 0.1) is 45.9 Å². The maximum atomic E-state index is 12.0. The number of hydrogen-bond donors (Lipinski definition) is 4. The van der Waals surface area contributed by atoms with E-state index in [0.717, 1.165) is 48.5 Å². The van der Waals surface area contributed by atoms with Gasteiger partial charge in [-0.2, -0.15) is 20.9 Å². The third kappa shape index (κ3) is 8.63. The molecule has 4 unspecified atom stereocenters. The van der Waals surface area contributed by atoms with E-state index in [1.54, 1.807) is 0 Å². The molecule has 0 bridgehead atoms. The highest BCUT2D eigenvalue weighted by molar-refractivity contribution is 5.44. The summed E-state index contributed by atoms with van der Waals surface area (Å²) in [5.41, 5.74) is -3.87. The summed E-state index contributed by atoms with van der Waals surface area (Å²) in [6, 6.07) is 17.5. The van der Waals surface area contributed by atoms with Crippen LogP contribution in [-0.4, -0.2) is 102 Å². The van der Waals surface area contributed by atoms with Crippen LogP contribution in [0.5, 0.6) is 24.0 Å². The number of tetrazole rings is 4. The summed E-state index contributed by atoms with van der Waals surface area (Å²) >= 11 is 0. The van der Waals surface area contributed by atoms with Gasteiger partial charge in [0.1, 0.15) is 29.8 Å². The zero-order valence-corrected chi connectivity index (χ0v) is 32.1. The lowest BCUT2D eigenvalue weighted by molar-refractivity contribution is -0.385. The van der Waals surface area contributed by atoms with Crippen molar-refractivity contribution in [2.75, 3.05) is 0 Å². The van der Waals surface area contributed by atoms with Gasteiger partial charge in [-0.05, 0) is 91.6 Å². The van der Waals surface area contributed by atoms with Crippen molar-refractivity contribution in [2.45, 2.75) is 24.4 Å². The predicted molar refractivity (Wildman–Crippen MR) is 205 cm³/mol. The van der Waals surface area contributed by atoms with Crippen molar-refractivity contribution in [3.8, 4) is 24.0 Å². The number of H-pyrrole nitrogens is 4. The molecule has 0 saturated carbocycles. The summed E-state index contributed by atoms with van der Waals surface area (Å²) in [6.07, 6.45) is -7.31. The average molecular weight is 893 g/mol. The molecule has 0 aliphatic rings. The first-order chi connectivity index (χ1) is 31.5. The molecular weight excluding hydrogens is 868 g/mol. The third-order valence-corrected chi connectivity index (χ3v) is 9.64. The van der Waals surface area contributed by atoms with E-state index in [-0.39, 0.29) is 45.0 Å². The number of nitro benzene ring substituents is 4. The lowest BCUT2D eigenvalue weighted by Crippen LogP contribution is -2.53. The summed E-state index contributed by atoms with van der Waals surface area (Å²) in [7, 11) is 0. The Morgan fingerprint density at radius 1 is 0.369 bits per heavy atom. The second-order valence-electron chi connectivity index (χ2n) is 13.2. The SMILES string of the molecule is O=[N+]([O-])c1ccc(C(Oc2nn[nH]n2)C(C(Oc2nn[nH]n2)c2ccc([N+](=O)[O-])cc2)(C(Oc2nn[nH]n2)c2ccc([N+](=O)[O-])cc2)C(Oc2nn[nH]n2)c2ccc([N+](=O)[O-])cc2)cc1. The number of benzene rings is 4. The standard InChI is InChI=1S/C33H24N20O12/c54-50(55)21-9-1-17(2-10-21)25(62-29-34-42-43-35-29)33(26(63-30-36-44-45-37-30)18-3-11-22(12-4-18)51(56)57,27(64-31-38-46-47-39-31)19-5-13-23(14-6-19)52(58)59)28(65-32-40-48-49-41-32)20-7-15-24(16-8-20)53(60)61/h1-16,25-28H,(H,34,35,42,43)(H,36,37,44,45)(H,38,39,46,47)(H,40,41,48,49). The molecule has 8 aromatic rings. The normalized spacial score (nSPS) is 13.9. The number of nitrogens with one attached hydrogen (secondary N) is 4. The van der Waals surface area contributed by atoms with Crippen molar-refractivity contribution in [3.63, 3.8) is 0 Å². The fourth-order valence-electron chi connectivity index (χ4n) is 6.98. The van der Waals surface area contributed by atoms with Crippen LogP contribution in [0.2, 0.25) is 0 Å². The highest BCUT2D eigenvalue weighted by Crippen LogP contribution is 2.63. The summed E-state index contributed by atoms with van der Waals surface area (Å²) < 4.78 is 26.9. The Bertz CT molecular complexity index is 2460. The lowest BCUT2D eigenvalue weighted by atomic mass is 9.61. The van der Waals surface area contributed by atoms with Gasteiger partial charge in [0.15, 0.2) is 0 Å². The first-order valence-electron chi connectivity index (χ1n) is 18.1. The Morgan fingerprint density at radius 2 is 0.569 bits per heavy atom. The van der Waals surface area contributed by atoms with E-state index in [0.29, 0.717) is 0 Å². The van der Waals surface area contributed by atoms with E-state index < -0.39 is 73.6 Å². The maximum absolute atomic E-state index is 12.0. The van der Waals surface area contributed by atoms with Gasteiger partial charge in [-0.1, -0.05) is 40.8 Å².